The largest absolute Gasteiger partial charge is 0.416 e. The zero-order valence-corrected chi connectivity index (χ0v) is 19.0. The van der Waals surface area contributed by atoms with Crippen LogP contribution in [-0.4, -0.2) is 35.7 Å². The van der Waals surface area contributed by atoms with Crippen LogP contribution in [0, 0.1) is 0 Å². The number of rotatable bonds is 7. The molecule has 4 rings (SSSR count). The van der Waals surface area contributed by atoms with E-state index >= 15 is 0 Å². The third-order valence-corrected chi connectivity index (χ3v) is 5.44. The van der Waals surface area contributed by atoms with Crippen LogP contribution in [0.2, 0.25) is 5.02 Å². The quantitative estimate of drug-likeness (QED) is 0.337. The average molecular weight is 531 g/mol. The standard InChI is InChI=1S/C22H17ClF6N6O/c23-15-7-5-13(6-8-15)19-33-35(20(36)34(19)10-9-21(24,25)26)12-18-30-17(31-32-18)11-14-3-1-2-4-16(14)22(27,28)29/h1-8H,9-12H2,(H,30,31,32). The lowest BCUT2D eigenvalue weighted by Gasteiger charge is -2.11. The molecule has 4 aromatic rings. The third-order valence-electron chi connectivity index (χ3n) is 5.19. The monoisotopic (exact) mass is 530 g/mol. The number of aromatic amines is 1. The SMILES string of the molecule is O=c1n(Cc2nc(Cc3ccccc3C(F)(F)F)n[nH]2)nc(-c2ccc(Cl)cc2)n1CCC(F)(F)F. The van der Waals surface area contributed by atoms with Crippen LogP contribution >= 0.6 is 11.6 Å². The summed E-state index contributed by atoms with van der Waals surface area (Å²) < 4.78 is 80.1. The predicted molar refractivity (Wildman–Crippen MR) is 117 cm³/mol. The van der Waals surface area contributed by atoms with Crippen molar-refractivity contribution in [2.24, 2.45) is 0 Å². The van der Waals surface area contributed by atoms with E-state index in [9.17, 15) is 31.1 Å². The van der Waals surface area contributed by atoms with Crippen molar-refractivity contribution in [1.29, 1.82) is 0 Å². The maximum atomic E-state index is 13.3. The van der Waals surface area contributed by atoms with Crippen LogP contribution in [0.4, 0.5) is 26.3 Å². The summed E-state index contributed by atoms with van der Waals surface area (Å²) in [6.45, 7) is -0.942. The van der Waals surface area contributed by atoms with Crippen LogP contribution in [0.25, 0.3) is 11.4 Å². The summed E-state index contributed by atoms with van der Waals surface area (Å²) in [6, 6.07) is 11.1. The molecule has 0 aliphatic rings. The molecule has 14 heteroatoms. The Hall–Kier alpha value is -3.61. The number of nitrogens with zero attached hydrogens (tertiary/aromatic N) is 5. The van der Waals surface area contributed by atoms with E-state index in [1.54, 1.807) is 0 Å². The van der Waals surface area contributed by atoms with Gasteiger partial charge in [-0.2, -0.15) is 31.4 Å². The maximum absolute atomic E-state index is 13.3. The van der Waals surface area contributed by atoms with E-state index in [1.807, 2.05) is 0 Å². The molecule has 0 spiro atoms. The lowest BCUT2D eigenvalue weighted by Crippen LogP contribution is -2.27. The first-order chi connectivity index (χ1) is 16.9. The predicted octanol–water partition coefficient (Wildman–Crippen LogP) is 5.09. The Labute approximate surface area is 204 Å². The fourth-order valence-corrected chi connectivity index (χ4v) is 3.67. The fourth-order valence-electron chi connectivity index (χ4n) is 3.54. The molecule has 0 fully saturated rings. The number of halogens is 7. The highest BCUT2D eigenvalue weighted by Crippen LogP contribution is 2.32. The molecular formula is C22H17ClF6N6O. The first-order valence-electron chi connectivity index (χ1n) is 10.5. The van der Waals surface area contributed by atoms with Gasteiger partial charge in [-0.05, 0) is 35.9 Å². The first kappa shape index (κ1) is 25.5. The molecule has 36 heavy (non-hydrogen) atoms. The van der Waals surface area contributed by atoms with Crippen molar-refractivity contribution in [1.82, 2.24) is 29.5 Å². The lowest BCUT2D eigenvalue weighted by atomic mass is 10.0. The molecule has 1 N–H and O–H groups in total. The van der Waals surface area contributed by atoms with Gasteiger partial charge in [-0.1, -0.05) is 29.8 Å². The van der Waals surface area contributed by atoms with Gasteiger partial charge in [-0.3, -0.25) is 9.67 Å². The highest BCUT2D eigenvalue weighted by molar-refractivity contribution is 6.30. The molecule has 0 aliphatic heterocycles. The van der Waals surface area contributed by atoms with E-state index < -0.39 is 36.6 Å². The molecule has 0 saturated heterocycles. The fraction of sp³-hybridized carbons (Fsp3) is 0.273. The van der Waals surface area contributed by atoms with E-state index in [2.05, 4.69) is 20.3 Å². The summed E-state index contributed by atoms with van der Waals surface area (Å²) >= 11 is 5.87. The normalized spacial score (nSPS) is 12.3. The minimum absolute atomic E-state index is 0.000222. The van der Waals surface area contributed by atoms with Crippen molar-refractivity contribution in [2.75, 3.05) is 0 Å². The van der Waals surface area contributed by atoms with Crippen molar-refractivity contribution in [3.8, 4) is 11.4 Å². The number of hydrogen-bond acceptors (Lipinski definition) is 4. The van der Waals surface area contributed by atoms with Gasteiger partial charge in [-0.15, -0.1) is 5.10 Å². The second-order valence-corrected chi connectivity index (χ2v) is 8.25. The molecule has 2 aromatic heterocycles. The maximum Gasteiger partial charge on any atom is 0.416 e. The van der Waals surface area contributed by atoms with Crippen molar-refractivity contribution >= 4 is 11.6 Å². The van der Waals surface area contributed by atoms with Gasteiger partial charge >= 0.3 is 18.0 Å². The zero-order chi connectivity index (χ0) is 26.1. The molecule has 0 unspecified atom stereocenters. The van der Waals surface area contributed by atoms with E-state index in [1.165, 1.54) is 42.5 Å². The number of benzene rings is 2. The highest BCUT2D eigenvalue weighted by Gasteiger charge is 2.33. The van der Waals surface area contributed by atoms with Gasteiger partial charge in [0.15, 0.2) is 11.6 Å². The second kappa shape index (κ2) is 9.80. The smallest absolute Gasteiger partial charge is 0.275 e. The average Bonchev–Trinajstić information content (AvgIpc) is 3.36. The van der Waals surface area contributed by atoms with Crippen LogP contribution in [0.5, 0.6) is 0 Å². The molecule has 2 heterocycles. The van der Waals surface area contributed by atoms with Crippen LogP contribution in [0.3, 0.4) is 0 Å². The Morgan fingerprint density at radius 1 is 0.972 bits per heavy atom. The summed E-state index contributed by atoms with van der Waals surface area (Å²) in [5, 5.41) is 11.0. The zero-order valence-electron chi connectivity index (χ0n) is 18.2. The van der Waals surface area contributed by atoms with Gasteiger partial charge in [0.2, 0.25) is 0 Å². The molecule has 0 saturated carbocycles. The van der Waals surface area contributed by atoms with Gasteiger partial charge in [0.25, 0.3) is 0 Å². The minimum Gasteiger partial charge on any atom is -0.275 e. The van der Waals surface area contributed by atoms with Crippen molar-refractivity contribution < 1.29 is 26.3 Å². The molecule has 2 aromatic carbocycles. The molecule has 0 radical (unpaired) electrons. The van der Waals surface area contributed by atoms with Crippen molar-refractivity contribution in [3.05, 3.63) is 86.8 Å². The first-order valence-corrected chi connectivity index (χ1v) is 10.8. The van der Waals surface area contributed by atoms with Crippen LogP contribution < -0.4 is 5.69 Å². The van der Waals surface area contributed by atoms with E-state index in [0.717, 1.165) is 15.3 Å². The lowest BCUT2D eigenvalue weighted by molar-refractivity contribution is -0.138. The molecule has 0 bridgehead atoms. The molecular weight excluding hydrogens is 514 g/mol. The molecule has 0 atom stereocenters. The molecule has 190 valence electrons. The minimum atomic E-state index is -4.55. The Balaban J connectivity index is 1.61. The number of hydrogen-bond donors (Lipinski definition) is 1. The summed E-state index contributed by atoms with van der Waals surface area (Å²) in [4.78, 5) is 17.0. The molecule has 0 aliphatic carbocycles. The van der Waals surface area contributed by atoms with Gasteiger partial charge < -0.3 is 0 Å². The topological polar surface area (TPSA) is 81.4 Å². The Morgan fingerprint density at radius 2 is 1.67 bits per heavy atom. The van der Waals surface area contributed by atoms with Gasteiger partial charge in [0, 0.05) is 23.6 Å². The number of aromatic nitrogens is 6. The molecule has 7 nitrogen and oxygen atoms in total. The Kier molecular flexibility index (Phi) is 6.94. The van der Waals surface area contributed by atoms with Crippen LogP contribution in [-0.2, 0) is 25.7 Å². The van der Waals surface area contributed by atoms with Crippen LogP contribution in [0.15, 0.2) is 53.3 Å². The van der Waals surface area contributed by atoms with Crippen molar-refractivity contribution in [2.45, 2.75) is 38.3 Å². The summed E-state index contributed by atoms with van der Waals surface area (Å²) in [6.07, 6.45) is -10.5. The number of H-pyrrole nitrogens is 1. The summed E-state index contributed by atoms with van der Waals surface area (Å²) in [7, 11) is 0. The number of nitrogens with one attached hydrogen (secondary N) is 1. The Bertz CT molecular complexity index is 1400. The van der Waals surface area contributed by atoms with E-state index in [0.29, 0.717) is 10.6 Å². The van der Waals surface area contributed by atoms with E-state index in [-0.39, 0.29) is 36.0 Å². The van der Waals surface area contributed by atoms with Gasteiger partial charge in [0.1, 0.15) is 12.4 Å². The van der Waals surface area contributed by atoms with Gasteiger partial charge in [0.05, 0.1) is 12.0 Å². The van der Waals surface area contributed by atoms with E-state index in [4.69, 9.17) is 11.6 Å². The summed E-state index contributed by atoms with van der Waals surface area (Å²) in [5.74, 6) is 0.142. The molecule has 0 amide bonds. The van der Waals surface area contributed by atoms with Crippen molar-refractivity contribution in [3.63, 3.8) is 0 Å². The second-order valence-electron chi connectivity index (χ2n) is 7.82. The summed E-state index contributed by atoms with van der Waals surface area (Å²) in [5.41, 5.74) is -1.29. The Morgan fingerprint density at radius 3 is 2.33 bits per heavy atom. The third kappa shape index (κ3) is 5.96. The highest BCUT2D eigenvalue weighted by atomic mass is 35.5. The van der Waals surface area contributed by atoms with Gasteiger partial charge in [-0.25, -0.2) is 14.5 Å². The number of alkyl halides is 6. The van der Waals surface area contributed by atoms with Crippen LogP contribution in [0.1, 0.15) is 29.2 Å².